The van der Waals surface area contributed by atoms with Gasteiger partial charge < -0.3 is 25.0 Å². The number of ether oxygens (including phenoxy) is 1. The van der Waals surface area contributed by atoms with E-state index in [-0.39, 0.29) is 17.2 Å². The molecule has 0 radical (unpaired) electrons. The number of hydrogen-bond donors (Lipinski definition) is 3. The molecule has 0 aromatic heterocycles. The minimum absolute atomic E-state index is 0.0842. The van der Waals surface area contributed by atoms with Crippen LogP contribution in [0, 0.1) is 20.8 Å². The lowest BCUT2D eigenvalue weighted by Crippen LogP contribution is -2.10. The van der Waals surface area contributed by atoms with Crippen molar-refractivity contribution in [2.24, 2.45) is 0 Å². The molecule has 0 saturated carbocycles. The zero-order valence-corrected chi connectivity index (χ0v) is 18.2. The molecule has 0 fully saturated rings. The summed E-state index contributed by atoms with van der Waals surface area (Å²) in [5.74, 6) is 1.47. The van der Waals surface area contributed by atoms with Gasteiger partial charge in [0.25, 0.3) is 0 Å². The van der Waals surface area contributed by atoms with Crippen LogP contribution in [0.2, 0.25) is 0 Å². The summed E-state index contributed by atoms with van der Waals surface area (Å²) in [5, 5.41) is 30.7. The summed E-state index contributed by atoms with van der Waals surface area (Å²) in [6.45, 7) is 5.56. The number of aromatic hydroxyl groups is 3. The van der Waals surface area contributed by atoms with Gasteiger partial charge in [-0.1, -0.05) is 24.3 Å². The smallest absolute Gasteiger partial charge is 0.171 e. The van der Waals surface area contributed by atoms with Crippen LogP contribution in [0.15, 0.2) is 78.9 Å². The highest BCUT2D eigenvalue weighted by Crippen LogP contribution is 2.40. The fourth-order valence-corrected chi connectivity index (χ4v) is 3.47. The van der Waals surface area contributed by atoms with E-state index in [0.29, 0.717) is 11.5 Å². The van der Waals surface area contributed by atoms with Gasteiger partial charge in [0, 0.05) is 29.2 Å². The van der Waals surface area contributed by atoms with E-state index in [2.05, 4.69) is 0 Å². The summed E-state index contributed by atoms with van der Waals surface area (Å²) < 4.78 is 5.91. The van der Waals surface area contributed by atoms with Gasteiger partial charge in [-0.25, -0.2) is 0 Å². The summed E-state index contributed by atoms with van der Waals surface area (Å²) in [6.07, 6.45) is 0. The van der Waals surface area contributed by atoms with E-state index >= 15 is 0 Å². The van der Waals surface area contributed by atoms with Gasteiger partial charge in [-0.05, 0) is 79.9 Å². The second-order valence-corrected chi connectivity index (χ2v) is 7.80. The molecule has 0 heterocycles. The lowest BCUT2D eigenvalue weighted by Gasteiger charge is -2.26. The minimum Gasteiger partial charge on any atom is -0.508 e. The van der Waals surface area contributed by atoms with Crippen molar-refractivity contribution in [3.8, 4) is 28.7 Å². The highest BCUT2D eigenvalue weighted by atomic mass is 16.5. The quantitative estimate of drug-likeness (QED) is 0.320. The summed E-state index contributed by atoms with van der Waals surface area (Å²) in [5.41, 5.74) is 4.71. The second kappa shape index (κ2) is 8.55. The van der Waals surface area contributed by atoms with E-state index < -0.39 is 0 Å². The Bertz CT molecular complexity index is 1190. The maximum atomic E-state index is 10.3. The van der Waals surface area contributed by atoms with E-state index in [9.17, 15) is 15.3 Å². The van der Waals surface area contributed by atoms with Crippen molar-refractivity contribution in [2.45, 2.75) is 20.8 Å². The third-order valence-electron chi connectivity index (χ3n) is 5.41. The average Bonchev–Trinajstić information content (AvgIpc) is 2.77. The SMILES string of the molecule is Cc1ccc(N(c2ccc(Oc3c(C)cccc3O)cc2)c2ccc(C)c(O)c2)cc1O. The Hall–Kier alpha value is -4.12. The molecule has 32 heavy (non-hydrogen) atoms. The van der Waals surface area contributed by atoms with Gasteiger partial charge in [-0.3, -0.25) is 0 Å². The molecule has 0 amide bonds. The average molecular weight is 428 g/mol. The van der Waals surface area contributed by atoms with Gasteiger partial charge in [0.2, 0.25) is 0 Å². The molecule has 4 aromatic carbocycles. The molecule has 0 aliphatic heterocycles. The van der Waals surface area contributed by atoms with E-state index in [1.54, 1.807) is 24.3 Å². The Morgan fingerprint density at radius 2 is 1.09 bits per heavy atom. The molecule has 0 unspecified atom stereocenters. The number of rotatable bonds is 5. The maximum Gasteiger partial charge on any atom is 0.171 e. The molecule has 0 saturated heterocycles. The highest BCUT2D eigenvalue weighted by Gasteiger charge is 2.16. The summed E-state index contributed by atoms with van der Waals surface area (Å²) >= 11 is 0. The minimum atomic E-state index is 0.0842. The number of hydrogen-bond acceptors (Lipinski definition) is 5. The lowest BCUT2D eigenvalue weighted by molar-refractivity contribution is 0.409. The molecule has 0 spiro atoms. The molecule has 3 N–H and O–H groups in total. The van der Waals surface area contributed by atoms with E-state index in [1.807, 2.05) is 80.3 Å². The normalized spacial score (nSPS) is 10.7. The summed E-state index contributed by atoms with van der Waals surface area (Å²) in [4.78, 5) is 1.94. The Labute approximate surface area is 187 Å². The highest BCUT2D eigenvalue weighted by molar-refractivity contribution is 5.78. The Morgan fingerprint density at radius 1 is 0.562 bits per heavy atom. The number of aryl methyl sites for hydroxylation is 3. The van der Waals surface area contributed by atoms with Gasteiger partial charge in [0.15, 0.2) is 11.5 Å². The van der Waals surface area contributed by atoms with Gasteiger partial charge in [-0.2, -0.15) is 0 Å². The summed E-state index contributed by atoms with van der Waals surface area (Å²) in [6, 6.07) is 23.6. The number of nitrogens with zero attached hydrogens (tertiary/aromatic N) is 1. The zero-order valence-electron chi connectivity index (χ0n) is 18.2. The van der Waals surface area contributed by atoms with Crippen LogP contribution in [0.1, 0.15) is 16.7 Å². The molecule has 0 bridgehead atoms. The van der Waals surface area contributed by atoms with Crippen molar-refractivity contribution >= 4 is 17.1 Å². The molecular formula is C27H25NO4. The molecule has 4 rings (SSSR count). The van der Waals surface area contributed by atoms with Crippen LogP contribution in [0.5, 0.6) is 28.7 Å². The molecule has 162 valence electrons. The van der Waals surface area contributed by atoms with Crippen molar-refractivity contribution in [3.05, 3.63) is 95.6 Å². The first-order valence-electron chi connectivity index (χ1n) is 10.3. The van der Waals surface area contributed by atoms with Crippen LogP contribution in [-0.4, -0.2) is 15.3 Å². The molecule has 4 aromatic rings. The molecule has 0 aliphatic rings. The molecule has 5 heteroatoms. The van der Waals surface area contributed by atoms with Gasteiger partial charge in [0.05, 0.1) is 0 Å². The Morgan fingerprint density at radius 3 is 1.59 bits per heavy atom. The number of anilines is 3. The molecule has 5 nitrogen and oxygen atoms in total. The van der Waals surface area contributed by atoms with Crippen molar-refractivity contribution in [3.63, 3.8) is 0 Å². The van der Waals surface area contributed by atoms with Crippen LogP contribution in [0.25, 0.3) is 0 Å². The first-order chi connectivity index (χ1) is 15.3. The largest absolute Gasteiger partial charge is 0.508 e. The van der Waals surface area contributed by atoms with E-state index in [1.165, 1.54) is 0 Å². The monoisotopic (exact) mass is 427 g/mol. The van der Waals surface area contributed by atoms with Gasteiger partial charge >= 0.3 is 0 Å². The second-order valence-electron chi connectivity index (χ2n) is 7.80. The van der Waals surface area contributed by atoms with E-state index in [4.69, 9.17) is 4.74 Å². The van der Waals surface area contributed by atoms with Gasteiger partial charge in [-0.15, -0.1) is 0 Å². The fourth-order valence-electron chi connectivity index (χ4n) is 3.47. The Kier molecular flexibility index (Phi) is 5.65. The van der Waals surface area contributed by atoms with Crippen molar-refractivity contribution < 1.29 is 20.1 Å². The molecule has 0 aliphatic carbocycles. The third kappa shape index (κ3) is 4.18. The first kappa shape index (κ1) is 21.1. The zero-order chi connectivity index (χ0) is 22.8. The molecule has 0 atom stereocenters. The van der Waals surface area contributed by atoms with Crippen LogP contribution < -0.4 is 9.64 Å². The lowest BCUT2D eigenvalue weighted by atomic mass is 10.1. The predicted molar refractivity (Wildman–Crippen MR) is 127 cm³/mol. The first-order valence-corrected chi connectivity index (χ1v) is 10.3. The third-order valence-corrected chi connectivity index (χ3v) is 5.41. The van der Waals surface area contributed by atoms with Crippen LogP contribution >= 0.6 is 0 Å². The topological polar surface area (TPSA) is 73.2 Å². The predicted octanol–water partition coefficient (Wildman–Crippen LogP) is 6.99. The Balaban J connectivity index is 1.74. The van der Waals surface area contributed by atoms with Crippen LogP contribution in [0.4, 0.5) is 17.1 Å². The number of para-hydroxylation sites is 1. The fraction of sp³-hybridized carbons (Fsp3) is 0.111. The van der Waals surface area contributed by atoms with Crippen molar-refractivity contribution in [1.29, 1.82) is 0 Å². The number of phenols is 3. The van der Waals surface area contributed by atoms with E-state index in [0.717, 1.165) is 33.8 Å². The summed E-state index contributed by atoms with van der Waals surface area (Å²) in [7, 11) is 0. The standard InChI is InChI=1S/C27H25NO4/c1-17-7-9-21(15-25(17)30)28(22-10-8-18(2)26(31)16-22)20-11-13-23(14-12-20)32-27-19(3)5-4-6-24(27)29/h4-16,29-31H,1-3H3. The van der Waals surface area contributed by atoms with Crippen molar-refractivity contribution in [2.75, 3.05) is 4.90 Å². The maximum absolute atomic E-state index is 10.3. The number of benzene rings is 4. The van der Waals surface area contributed by atoms with Crippen LogP contribution in [0.3, 0.4) is 0 Å². The van der Waals surface area contributed by atoms with Crippen molar-refractivity contribution in [1.82, 2.24) is 0 Å². The molecular weight excluding hydrogens is 402 g/mol. The van der Waals surface area contributed by atoms with Gasteiger partial charge in [0.1, 0.15) is 17.2 Å². The number of phenolic OH excluding ortho intramolecular Hbond substituents is 3. The van der Waals surface area contributed by atoms with Crippen LogP contribution in [-0.2, 0) is 0 Å².